The van der Waals surface area contributed by atoms with E-state index in [4.69, 9.17) is 15.2 Å². The normalized spacial score (nSPS) is 13.6. The Balaban J connectivity index is 1.99. The van der Waals surface area contributed by atoms with Gasteiger partial charge in [0.2, 0.25) is 0 Å². The number of fused-ring (bicyclic) bond motifs is 2. The second-order valence-electron chi connectivity index (χ2n) is 4.99. The highest BCUT2D eigenvalue weighted by atomic mass is 32.2. The Morgan fingerprint density at radius 3 is 2.95 bits per heavy atom. The van der Waals surface area contributed by atoms with Gasteiger partial charge < -0.3 is 9.84 Å². The minimum Gasteiger partial charge on any atom is -0.461 e. The number of furan rings is 1. The Kier molecular flexibility index (Phi) is 2.87. The highest BCUT2D eigenvalue weighted by Crippen LogP contribution is 2.37. The van der Waals surface area contributed by atoms with Crippen molar-refractivity contribution in [2.24, 2.45) is 5.84 Å². The van der Waals surface area contributed by atoms with Crippen LogP contribution in [0.2, 0.25) is 0 Å². The molecule has 6 heteroatoms. The number of nitrogen functional groups attached to an aromatic ring is 1. The number of nitrogens with one attached hydrogen (secondary N) is 1. The first-order chi connectivity index (χ1) is 10.3. The lowest BCUT2D eigenvalue weighted by Gasteiger charge is -2.08. The molecule has 1 aromatic carbocycles. The van der Waals surface area contributed by atoms with Crippen LogP contribution in [0.5, 0.6) is 0 Å². The number of benzene rings is 1. The molecular formula is C15H14N4OS. The second-order valence-corrected chi connectivity index (χ2v) is 5.97. The molecule has 1 aliphatic rings. The lowest BCUT2D eigenvalue weighted by molar-refractivity contribution is 0.579. The standard InChI is InChI=1S/C15H14N4OS/c1-8-13(9-4-2-3-5-12(9)20-8)15-17-11-7-21-6-10(11)14(18-15)19-16/h2-5H,6-7,16H2,1H3,(H,17,18,19). The average molecular weight is 298 g/mol. The van der Waals surface area contributed by atoms with Crippen LogP contribution in [0.3, 0.4) is 0 Å². The molecule has 2 aromatic heterocycles. The summed E-state index contributed by atoms with van der Waals surface area (Å²) < 4.78 is 5.81. The van der Waals surface area contributed by atoms with Crippen LogP contribution in [-0.4, -0.2) is 9.97 Å². The Labute approximate surface area is 125 Å². The van der Waals surface area contributed by atoms with Gasteiger partial charge in [0.1, 0.15) is 17.2 Å². The molecule has 0 spiro atoms. The molecule has 21 heavy (non-hydrogen) atoms. The zero-order valence-electron chi connectivity index (χ0n) is 11.5. The molecule has 3 aromatic rings. The van der Waals surface area contributed by atoms with Gasteiger partial charge in [-0.2, -0.15) is 11.8 Å². The number of nitrogens with zero attached hydrogens (tertiary/aromatic N) is 2. The van der Waals surface area contributed by atoms with Crippen molar-refractivity contribution in [2.45, 2.75) is 18.4 Å². The summed E-state index contributed by atoms with van der Waals surface area (Å²) in [4.78, 5) is 9.32. The predicted octanol–water partition coefficient (Wildman–Crippen LogP) is 3.23. The van der Waals surface area contributed by atoms with Gasteiger partial charge in [-0.25, -0.2) is 15.8 Å². The molecular weight excluding hydrogens is 284 g/mol. The van der Waals surface area contributed by atoms with Crippen molar-refractivity contribution in [1.29, 1.82) is 0 Å². The molecule has 0 fully saturated rings. The highest BCUT2D eigenvalue weighted by molar-refractivity contribution is 7.98. The molecule has 0 bridgehead atoms. The van der Waals surface area contributed by atoms with Crippen LogP contribution in [0.15, 0.2) is 28.7 Å². The fraction of sp³-hybridized carbons (Fsp3) is 0.200. The van der Waals surface area contributed by atoms with Gasteiger partial charge >= 0.3 is 0 Å². The quantitative estimate of drug-likeness (QED) is 0.559. The van der Waals surface area contributed by atoms with Crippen molar-refractivity contribution in [3.63, 3.8) is 0 Å². The van der Waals surface area contributed by atoms with Crippen LogP contribution in [0, 0.1) is 6.92 Å². The Hall–Kier alpha value is -2.05. The van der Waals surface area contributed by atoms with Gasteiger partial charge in [0.25, 0.3) is 0 Å². The first kappa shape index (κ1) is 12.7. The van der Waals surface area contributed by atoms with Gasteiger partial charge in [-0.15, -0.1) is 0 Å². The summed E-state index contributed by atoms with van der Waals surface area (Å²) in [6.07, 6.45) is 0. The third kappa shape index (κ3) is 1.91. The van der Waals surface area contributed by atoms with Crippen molar-refractivity contribution in [3.8, 4) is 11.4 Å². The molecule has 0 radical (unpaired) electrons. The van der Waals surface area contributed by atoms with Crippen molar-refractivity contribution >= 4 is 28.5 Å². The Morgan fingerprint density at radius 1 is 1.24 bits per heavy atom. The first-order valence-electron chi connectivity index (χ1n) is 6.70. The van der Waals surface area contributed by atoms with Crippen molar-refractivity contribution in [1.82, 2.24) is 9.97 Å². The summed E-state index contributed by atoms with van der Waals surface area (Å²) in [7, 11) is 0. The minimum absolute atomic E-state index is 0.673. The fourth-order valence-corrected chi connectivity index (χ4v) is 3.77. The molecule has 4 rings (SSSR count). The molecule has 0 saturated heterocycles. The lowest BCUT2D eigenvalue weighted by atomic mass is 10.1. The third-order valence-corrected chi connectivity index (χ3v) is 4.68. The number of para-hydroxylation sites is 1. The van der Waals surface area contributed by atoms with E-state index in [-0.39, 0.29) is 0 Å². The van der Waals surface area contributed by atoms with E-state index in [9.17, 15) is 0 Å². The summed E-state index contributed by atoms with van der Waals surface area (Å²) in [6.45, 7) is 1.94. The third-order valence-electron chi connectivity index (χ3n) is 3.71. The number of rotatable bonds is 2. The van der Waals surface area contributed by atoms with Gasteiger partial charge in [-0.3, -0.25) is 0 Å². The maximum absolute atomic E-state index is 5.81. The zero-order chi connectivity index (χ0) is 14.4. The van der Waals surface area contributed by atoms with Crippen molar-refractivity contribution in [2.75, 3.05) is 5.43 Å². The zero-order valence-corrected chi connectivity index (χ0v) is 12.3. The topological polar surface area (TPSA) is 77.0 Å². The number of nitrogens with two attached hydrogens (primary N) is 1. The van der Waals surface area contributed by atoms with Crippen LogP contribution in [-0.2, 0) is 11.5 Å². The van der Waals surface area contributed by atoms with E-state index in [1.54, 1.807) is 0 Å². The van der Waals surface area contributed by atoms with Crippen LogP contribution >= 0.6 is 11.8 Å². The van der Waals surface area contributed by atoms with Gasteiger partial charge in [0.15, 0.2) is 5.82 Å². The van der Waals surface area contributed by atoms with Crippen molar-refractivity contribution < 1.29 is 4.42 Å². The van der Waals surface area contributed by atoms with E-state index in [2.05, 4.69) is 10.4 Å². The maximum atomic E-state index is 5.81. The van der Waals surface area contributed by atoms with E-state index in [0.29, 0.717) is 11.6 Å². The number of aryl methyl sites for hydroxylation is 1. The largest absolute Gasteiger partial charge is 0.461 e. The van der Waals surface area contributed by atoms with E-state index in [1.165, 1.54) is 0 Å². The number of thioether (sulfide) groups is 1. The van der Waals surface area contributed by atoms with Gasteiger partial charge in [-0.1, -0.05) is 18.2 Å². The number of hydrogen-bond acceptors (Lipinski definition) is 6. The highest BCUT2D eigenvalue weighted by Gasteiger charge is 2.22. The molecule has 1 aliphatic heterocycles. The monoisotopic (exact) mass is 298 g/mol. The average Bonchev–Trinajstić information content (AvgIpc) is 3.08. The smallest absolute Gasteiger partial charge is 0.166 e. The molecule has 0 amide bonds. The molecule has 0 saturated carbocycles. The Morgan fingerprint density at radius 2 is 2.10 bits per heavy atom. The van der Waals surface area contributed by atoms with E-state index < -0.39 is 0 Å². The summed E-state index contributed by atoms with van der Waals surface area (Å²) in [5.41, 5.74) is 6.67. The van der Waals surface area contributed by atoms with Gasteiger partial charge in [0.05, 0.1) is 11.3 Å². The molecule has 0 unspecified atom stereocenters. The minimum atomic E-state index is 0.673. The number of hydrogen-bond donors (Lipinski definition) is 2. The molecule has 3 heterocycles. The summed E-state index contributed by atoms with van der Waals surface area (Å²) in [5, 5.41) is 1.03. The van der Waals surface area contributed by atoms with Crippen LogP contribution < -0.4 is 11.3 Å². The lowest BCUT2D eigenvalue weighted by Crippen LogP contribution is -2.12. The van der Waals surface area contributed by atoms with Crippen LogP contribution in [0.25, 0.3) is 22.4 Å². The van der Waals surface area contributed by atoms with E-state index in [0.717, 1.165) is 45.1 Å². The van der Waals surface area contributed by atoms with Gasteiger partial charge in [-0.05, 0) is 13.0 Å². The predicted molar refractivity (Wildman–Crippen MR) is 84.8 cm³/mol. The number of anilines is 1. The molecule has 0 aliphatic carbocycles. The van der Waals surface area contributed by atoms with E-state index >= 15 is 0 Å². The second kappa shape index (κ2) is 4.75. The summed E-state index contributed by atoms with van der Waals surface area (Å²) >= 11 is 1.82. The Bertz CT molecular complexity index is 843. The van der Waals surface area contributed by atoms with E-state index in [1.807, 2.05) is 43.0 Å². The van der Waals surface area contributed by atoms with Crippen LogP contribution in [0.4, 0.5) is 5.82 Å². The van der Waals surface area contributed by atoms with Crippen LogP contribution in [0.1, 0.15) is 17.0 Å². The molecule has 5 nitrogen and oxygen atoms in total. The maximum Gasteiger partial charge on any atom is 0.166 e. The van der Waals surface area contributed by atoms with Gasteiger partial charge in [0, 0.05) is 22.5 Å². The summed E-state index contributed by atoms with van der Waals surface area (Å²) in [6, 6.07) is 7.94. The fourth-order valence-electron chi connectivity index (χ4n) is 2.73. The summed E-state index contributed by atoms with van der Waals surface area (Å²) in [5.74, 6) is 9.63. The first-order valence-corrected chi connectivity index (χ1v) is 7.86. The SMILES string of the molecule is Cc1oc2ccccc2c1-c1nc2c(c(NN)n1)CSC2. The molecule has 3 N–H and O–H groups in total. The number of aromatic nitrogens is 2. The number of hydrazine groups is 1. The molecule has 106 valence electrons. The van der Waals surface area contributed by atoms with Crippen molar-refractivity contribution in [3.05, 3.63) is 41.3 Å². The molecule has 0 atom stereocenters.